The first-order valence-electron chi connectivity index (χ1n) is 12.9. The van der Waals surface area contributed by atoms with Gasteiger partial charge in [0.2, 0.25) is 11.8 Å². The van der Waals surface area contributed by atoms with E-state index in [0.29, 0.717) is 39.0 Å². The normalized spacial score (nSPS) is 21.1. The summed E-state index contributed by atoms with van der Waals surface area (Å²) >= 11 is 2.03. The molecular weight excluding hydrogens is 591 g/mol. The molecule has 3 atom stereocenters. The molecule has 2 aliphatic carbocycles. The number of nitrogens with one attached hydrogen (secondary N) is 1. The quantitative estimate of drug-likeness (QED) is 0.165. The summed E-state index contributed by atoms with van der Waals surface area (Å²) < 4.78 is 12.3. The first kappa shape index (κ1) is 29.4. The Morgan fingerprint density at radius 2 is 2.00 bits per heavy atom. The molecule has 0 aliphatic heterocycles. The third-order valence-electron chi connectivity index (χ3n) is 6.72. The molecule has 1 aromatic rings. The van der Waals surface area contributed by atoms with Crippen LogP contribution in [0.2, 0.25) is 0 Å². The zero-order valence-electron chi connectivity index (χ0n) is 21.5. The van der Waals surface area contributed by atoms with Crippen LogP contribution in [-0.2, 0) is 9.59 Å². The lowest BCUT2D eigenvalue weighted by Crippen LogP contribution is -2.55. The molecule has 0 spiro atoms. The standard InChI is InChI=1S/C27H37IN2O7/c1-3-4-5-6-10-30(27(35)18-7-8-18)21-14-19(26(34)29-9-11-31)15-22(24(21)33)37-25-20(28)12-17(16-32)13-23(25)36-2/h12-13,15-16,18,21-22,24,31,33H,3-11,14H2,1-2H3,(H,29,34). The SMILES string of the molecule is CCCCCCN(C(=O)C1CC1)C1CC(C(=O)NCCO)=CC(Oc2c(I)cc(C=O)cc2OC)C1O. The number of unbranched alkanes of at least 4 members (excludes halogenated alkanes) is 3. The monoisotopic (exact) mass is 628 g/mol. The van der Waals surface area contributed by atoms with Crippen LogP contribution in [0.5, 0.6) is 11.5 Å². The molecule has 0 heterocycles. The van der Waals surface area contributed by atoms with Crippen molar-refractivity contribution in [3.8, 4) is 11.5 Å². The van der Waals surface area contributed by atoms with E-state index < -0.39 is 18.2 Å². The molecule has 1 aromatic carbocycles. The Bertz CT molecular complexity index is 995. The average molecular weight is 629 g/mol. The number of aliphatic hydroxyl groups is 2. The predicted octanol–water partition coefficient (Wildman–Crippen LogP) is 2.85. The molecule has 204 valence electrons. The molecule has 9 nitrogen and oxygen atoms in total. The first-order valence-corrected chi connectivity index (χ1v) is 14.0. The largest absolute Gasteiger partial charge is 0.493 e. The van der Waals surface area contributed by atoms with Crippen LogP contribution in [0.3, 0.4) is 0 Å². The minimum atomic E-state index is -1.09. The number of amides is 2. The molecule has 0 radical (unpaired) electrons. The number of carbonyl (C=O) groups is 3. The van der Waals surface area contributed by atoms with E-state index in [1.54, 1.807) is 23.1 Å². The first-order chi connectivity index (χ1) is 17.8. The molecule has 0 aromatic heterocycles. The number of nitrogens with zero attached hydrogens (tertiary/aromatic N) is 1. The second kappa shape index (κ2) is 14.1. The summed E-state index contributed by atoms with van der Waals surface area (Å²) in [4.78, 5) is 39.3. The van der Waals surface area contributed by atoms with Crippen molar-refractivity contribution in [1.82, 2.24) is 10.2 Å². The lowest BCUT2D eigenvalue weighted by Gasteiger charge is -2.41. The van der Waals surface area contributed by atoms with E-state index in [2.05, 4.69) is 12.2 Å². The zero-order valence-corrected chi connectivity index (χ0v) is 23.6. The number of carbonyl (C=O) groups excluding carboxylic acids is 3. The van der Waals surface area contributed by atoms with Crippen molar-refractivity contribution in [1.29, 1.82) is 0 Å². The van der Waals surface area contributed by atoms with Crippen LogP contribution in [0, 0.1) is 9.49 Å². The van der Waals surface area contributed by atoms with Crippen molar-refractivity contribution in [2.75, 3.05) is 26.8 Å². The van der Waals surface area contributed by atoms with Crippen molar-refractivity contribution >= 4 is 40.7 Å². The Morgan fingerprint density at radius 1 is 1.24 bits per heavy atom. The van der Waals surface area contributed by atoms with Gasteiger partial charge in [0.05, 0.1) is 23.3 Å². The van der Waals surface area contributed by atoms with E-state index in [4.69, 9.17) is 14.6 Å². The molecule has 3 rings (SSSR count). The molecule has 1 fully saturated rings. The second-order valence-electron chi connectivity index (χ2n) is 9.53. The number of halogens is 1. The minimum absolute atomic E-state index is 0.0128. The van der Waals surface area contributed by atoms with E-state index >= 15 is 0 Å². The predicted molar refractivity (Wildman–Crippen MR) is 147 cm³/mol. The molecule has 3 unspecified atom stereocenters. The Morgan fingerprint density at radius 3 is 2.62 bits per heavy atom. The van der Waals surface area contributed by atoms with Gasteiger partial charge in [-0.15, -0.1) is 0 Å². The average Bonchev–Trinajstić information content (AvgIpc) is 3.75. The van der Waals surface area contributed by atoms with Crippen molar-refractivity contribution < 1.29 is 34.1 Å². The molecule has 3 N–H and O–H groups in total. The summed E-state index contributed by atoms with van der Waals surface area (Å²) in [5, 5.41) is 23.3. The Hall–Kier alpha value is -2.18. The van der Waals surface area contributed by atoms with Crippen LogP contribution in [-0.4, -0.2) is 78.3 Å². The van der Waals surface area contributed by atoms with Gasteiger partial charge in [-0.1, -0.05) is 26.2 Å². The molecule has 2 aliphatic rings. The highest BCUT2D eigenvalue weighted by molar-refractivity contribution is 14.1. The Labute approximate surface area is 231 Å². The van der Waals surface area contributed by atoms with Gasteiger partial charge < -0.3 is 29.9 Å². The maximum Gasteiger partial charge on any atom is 0.247 e. The summed E-state index contributed by atoms with van der Waals surface area (Å²) in [6, 6.07) is 2.55. The Balaban J connectivity index is 1.94. The number of ether oxygens (including phenoxy) is 2. The fraction of sp³-hybridized carbons (Fsp3) is 0.593. The Kier molecular flexibility index (Phi) is 11.2. The summed E-state index contributed by atoms with van der Waals surface area (Å²) in [5.41, 5.74) is 0.804. The fourth-order valence-electron chi connectivity index (χ4n) is 4.55. The lowest BCUT2D eigenvalue weighted by atomic mass is 9.87. The van der Waals surface area contributed by atoms with Gasteiger partial charge in [-0.3, -0.25) is 14.4 Å². The summed E-state index contributed by atoms with van der Waals surface area (Å²) in [6.07, 6.45) is 6.05. The number of hydrogen-bond acceptors (Lipinski definition) is 7. The van der Waals surface area contributed by atoms with Gasteiger partial charge in [-0.2, -0.15) is 0 Å². The summed E-state index contributed by atoms with van der Waals surface area (Å²) in [5.74, 6) is 0.273. The van der Waals surface area contributed by atoms with Gasteiger partial charge in [-0.05, 0) is 60.1 Å². The van der Waals surface area contributed by atoms with E-state index in [0.717, 1.165) is 38.5 Å². The molecule has 37 heavy (non-hydrogen) atoms. The number of rotatable bonds is 14. The molecule has 0 bridgehead atoms. The molecule has 2 amide bonds. The van der Waals surface area contributed by atoms with E-state index in [1.807, 2.05) is 22.6 Å². The molecule has 1 saturated carbocycles. The zero-order chi connectivity index (χ0) is 26.9. The smallest absolute Gasteiger partial charge is 0.247 e. The van der Waals surface area contributed by atoms with Gasteiger partial charge >= 0.3 is 0 Å². The van der Waals surface area contributed by atoms with Gasteiger partial charge in [0.15, 0.2) is 11.5 Å². The summed E-state index contributed by atoms with van der Waals surface area (Å²) in [7, 11) is 1.46. The van der Waals surface area contributed by atoms with Gasteiger partial charge in [0.25, 0.3) is 0 Å². The van der Waals surface area contributed by atoms with Crippen LogP contribution >= 0.6 is 22.6 Å². The fourth-order valence-corrected chi connectivity index (χ4v) is 5.30. The highest BCUT2D eigenvalue weighted by Crippen LogP contribution is 2.38. The topological polar surface area (TPSA) is 125 Å². The molecule has 10 heteroatoms. The number of aldehydes is 1. The van der Waals surface area contributed by atoms with Crippen molar-refractivity contribution in [3.63, 3.8) is 0 Å². The van der Waals surface area contributed by atoms with Crippen LogP contribution in [0.25, 0.3) is 0 Å². The van der Waals surface area contributed by atoms with Crippen molar-refractivity contribution in [3.05, 3.63) is 32.9 Å². The maximum absolute atomic E-state index is 13.3. The van der Waals surface area contributed by atoms with Crippen LogP contribution in [0.15, 0.2) is 23.8 Å². The summed E-state index contributed by atoms with van der Waals surface area (Å²) in [6.45, 7) is 2.52. The number of benzene rings is 1. The number of methoxy groups -OCH3 is 1. The van der Waals surface area contributed by atoms with Crippen LogP contribution < -0.4 is 14.8 Å². The highest BCUT2D eigenvalue weighted by Gasteiger charge is 2.43. The molecular formula is C27H37IN2O7. The van der Waals surface area contributed by atoms with E-state index in [1.165, 1.54) is 7.11 Å². The van der Waals surface area contributed by atoms with Gasteiger partial charge in [-0.25, -0.2) is 0 Å². The molecule has 0 saturated heterocycles. The highest BCUT2D eigenvalue weighted by atomic mass is 127. The number of hydrogen-bond donors (Lipinski definition) is 3. The third kappa shape index (κ3) is 7.67. The van der Waals surface area contributed by atoms with Crippen LogP contribution in [0.1, 0.15) is 62.2 Å². The second-order valence-corrected chi connectivity index (χ2v) is 10.7. The van der Waals surface area contributed by atoms with Gasteiger partial charge in [0.1, 0.15) is 18.5 Å². The van der Waals surface area contributed by atoms with Crippen molar-refractivity contribution in [2.45, 2.75) is 70.1 Å². The minimum Gasteiger partial charge on any atom is -0.493 e. The van der Waals surface area contributed by atoms with Crippen LogP contribution in [0.4, 0.5) is 0 Å². The van der Waals surface area contributed by atoms with E-state index in [9.17, 15) is 19.5 Å². The lowest BCUT2D eigenvalue weighted by molar-refractivity contribution is -0.140. The van der Waals surface area contributed by atoms with Gasteiger partial charge in [0, 0.05) is 36.6 Å². The maximum atomic E-state index is 13.3. The number of aliphatic hydroxyl groups excluding tert-OH is 2. The van der Waals surface area contributed by atoms with Crippen molar-refractivity contribution in [2.24, 2.45) is 5.92 Å². The van der Waals surface area contributed by atoms with E-state index in [-0.39, 0.29) is 37.3 Å². The third-order valence-corrected chi connectivity index (χ3v) is 7.52.